The van der Waals surface area contributed by atoms with E-state index in [4.69, 9.17) is 11.6 Å². The van der Waals surface area contributed by atoms with Crippen LogP contribution in [0, 0.1) is 30.2 Å². The van der Waals surface area contributed by atoms with Crippen molar-refractivity contribution >= 4 is 29.0 Å². The molecule has 4 rings (SSSR count). The normalized spacial score (nSPS) is 11.5. The third kappa shape index (κ3) is 5.75. The summed E-state index contributed by atoms with van der Waals surface area (Å²) in [6, 6.07) is 12.6. The van der Waals surface area contributed by atoms with E-state index in [2.05, 4.69) is 20.5 Å². The molecule has 1 amide bonds. The van der Waals surface area contributed by atoms with Crippen molar-refractivity contribution < 1.29 is 22.4 Å². The molecule has 1 aromatic heterocycles. The number of halogens is 5. The van der Waals surface area contributed by atoms with Gasteiger partial charge in [0.2, 0.25) is 0 Å². The third-order valence-electron chi connectivity index (χ3n) is 5.06. The molecule has 0 aliphatic heterocycles. The summed E-state index contributed by atoms with van der Waals surface area (Å²) < 4.78 is 54.3. The highest BCUT2D eigenvalue weighted by atomic mass is 35.5. The number of carbonyl (C=O) groups is 1. The van der Waals surface area contributed by atoms with Crippen molar-refractivity contribution in [3.8, 4) is 11.3 Å². The molecular formula is C25H17ClF4N4O. The van der Waals surface area contributed by atoms with Gasteiger partial charge in [-0.25, -0.2) is 22.6 Å². The van der Waals surface area contributed by atoms with Gasteiger partial charge >= 0.3 is 0 Å². The van der Waals surface area contributed by atoms with Crippen LogP contribution in [-0.2, 0) is 6.42 Å². The van der Waals surface area contributed by atoms with E-state index in [0.29, 0.717) is 22.5 Å². The Balaban J connectivity index is 1.64. The lowest BCUT2D eigenvalue weighted by molar-refractivity contribution is 0.0976. The lowest BCUT2D eigenvalue weighted by Gasteiger charge is -2.10. The molecule has 0 unspecified atom stereocenters. The number of H-pyrrole nitrogens is 1. The van der Waals surface area contributed by atoms with Crippen molar-refractivity contribution in [2.24, 2.45) is 4.99 Å². The minimum absolute atomic E-state index is 0.00443. The van der Waals surface area contributed by atoms with Gasteiger partial charge in [-0.1, -0.05) is 23.7 Å². The number of benzene rings is 3. The van der Waals surface area contributed by atoms with Crippen molar-refractivity contribution in [2.45, 2.75) is 13.3 Å². The van der Waals surface area contributed by atoms with Gasteiger partial charge in [0.05, 0.1) is 16.4 Å². The number of aryl methyl sites for hydroxylation is 1. The summed E-state index contributed by atoms with van der Waals surface area (Å²) in [6.45, 7) is 1.65. The zero-order valence-corrected chi connectivity index (χ0v) is 18.9. The maximum absolute atomic E-state index is 14.0. The molecule has 0 saturated heterocycles. The van der Waals surface area contributed by atoms with Crippen LogP contribution in [0.25, 0.3) is 11.3 Å². The molecule has 10 heteroatoms. The zero-order chi connectivity index (χ0) is 25.1. The molecule has 35 heavy (non-hydrogen) atoms. The number of hydrogen-bond donors (Lipinski definition) is 2. The number of hydrogen-bond acceptors (Lipinski definition) is 3. The summed E-state index contributed by atoms with van der Waals surface area (Å²) in [6.07, 6.45) is 0.00443. The minimum atomic E-state index is -1.18. The zero-order valence-electron chi connectivity index (χ0n) is 18.2. The molecule has 0 spiro atoms. The van der Waals surface area contributed by atoms with Crippen molar-refractivity contribution in [2.75, 3.05) is 0 Å². The molecule has 178 valence electrons. The van der Waals surface area contributed by atoms with E-state index in [1.54, 1.807) is 25.1 Å². The highest BCUT2D eigenvalue weighted by Gasteiger charge is 2.15. The van der Waals surface area contributed by atoms with Crippen LogP contribution in [0.15, 0.2) is 65.7 Å². The van der Waals surface area contributed by atoms with Crippen LogP contribution in [0.4, 0.5) is 23.2 Å². The Bertz CT molecular complexity index is 1450. The molecule has 0 saturated carbocycles. The fraction of sp³-hybridized carbons (Fsp3) is 0.0800. The van der Waals surface area contributed by atoms with Gasteiger partial charge in [0, 0.05) is 23.2 Å². The number of amides is 1. The third-order valence-corrected chi connectivity index (χ3v) is 5.36. The van der Waals surface area contributed by atoms with Gasteiger partial charge in [-0.05, 0) is 61.0 Å². The van der Waals surface area contributed by atoms with Gasteiger partial charge in [-0.3, -0.25) is 9.89 Å². The van der Waals surface area contributed by atoms with Crippen LogP contribution in [-0.4, -0.2) is 21.9 Å². The molecule has 0 fully saturated rings. The Morgan fingerprint density at radius 1 is 0.971 bits per heavy atom. The number of rotatable bonds is 5. The molecule has 3 aromatic carbocycles. The summed E-state index contributed by atoms with van der Waals surface area (Å²) in [5.74, 6) is -3.89. The highest BCUT2D eigenvalue weighted by Crippen LogP contribution is 2.26. The van der Waals surface area contributed by atoms with E-state index in [9.17, 15) is 22.4 Å². The molecule has 0 aliphatic rings. The molecule has 0 atom stereocenters. The maximum Gasteiger partial charge on any atom is 0.256 e. The van der Waals surface area contributed by atoms with Crippen LogP contribution in [0.1, 0.15) is 21.6 Å². The number of aromatic amines is 1. The Hall–Kier alpha value is -3.98. The first-order valence-corrected chi connectivity index (χ1v) is 10.7. The summed E-state index contributed by atoms with van der Waals surface area (Å²) in [5.41, 5.74) is 2.04. The molecule has 0 bridgehead atoms. The molecule has 4 aromatic rings. The molecular weight excluding hydrogens is 484 g/mol. The van der Waals surface area contributed by atoms with Crippen LogP contribution >= 0.6 is 11.6 Å². The summed E-state index contributed by atoms with van der Waals surface area (Å²) in [5, 5.41) is 9.53. The SMILES string of the molecule is Cc1ccc(-c2cc(CC(=Nc3ccc(F)cc3Cl)NC(=O)c3ccc(F)c(F)c3)[nH]n2)cc1F. The first-order chi connectivity index (χ1) is 16.7. The van der Waals surface area contributed by atoms with Crippen molar-refractivity contribution in [3.63, 3.8) is 0 Å². The number of amidine groups is 1. The lowest BCUT2D eigenvalue weighted by Crippen LogP contribution is -2.32. The molecule has 0 radical (unpaired) electrons. The van der Waals surface area contributed by atoms with E-state index in [-0.39, 0.29) is 34.3 Å². The van der Waals surface area contributed by atoms with E-state index in [1.807, 2.05) is 0 Å². The second-order valence-corrected chi connectivity index (χ2v) is 8.06. The molecule has 2 N–H and O–H groups in total. The van der Waals surface area contributed by atoms with E-state index >= 15 is 0 Å². The first-order valence-electron chi connectivity index (χ1n) is 10.3. The van der Waals surface area contributed by atoms with Gasteiger partial charge in [0.1, 0.15) is 17.5 Å². The van der Waals surface area contributed by atoms with Crippen LogP contribution < -0.4 is 5.32 Å². The summed E-state index contributed by atoms with van der Waals surface area (Å²) >= 11 is 6.07. The Labute approximate surface area is 202 Å². The second-order valence-electron chi connectivity index (χ2n) is 7.66. The topological polar surface area (TPSA) is 70.1 Å². The fourth-order valence-corrected chi connectivity index (χ4v) is 3.41. The number of aromatic nitrogens is 2. The first kappa shape index (κ1) is 24.2. The summed E-state index contributed by atoms with van der Waals surface area (Å²) in [4.78, 5) is 17.0. The largest absolute Gasteiger partial charge is 0.310 e. The summed E-state index contributed by atoms with van der Waals surface area (Å²) in [7, 11) is 0. The Morgan fingerprint density at radius 3 is 2.49 bits per heavy atom. The molecule has 1 heterocycles. The second kappa shape index (κ2) is 10.1. The Kier molecular flexibility index (Phi) is 6.97. The number of carbonyl (C=O) groups excluding carboxylic acids is 1. The van der Waals surface area contributed by atoms with Gasteiger partial charge in [-0.2, -0.15) is 5.10 Å². The van der Waals surface area contributed by atoms with Crippen molar-refractivity contribution in [1.82, 2.24) is 15.5 Å². The van der Waals surface area contributed by atoms with Gasteiger partial charge < -0.3 is 5.32 Å². The lowest BCUT2D eigenvalue weighted by atomic mass is 10.1. The van der Waals surface area contributed by atoms with E-state index in [1.165, 1.54) is 12.1 Å². The minimum Gasteiger partial charge on any atom is -0.310 e. The van der Waals surface area contributed by atoms with Crippen LogP contribution in [0.5, 0.6) is 0 Å². The van der Waals surface area contributed by atoms with Gasteiger partial charge in [-0.15, -0.1) is 0 Å². The molecule has 5 nitrogen and oxygen atoms in total. The van der Waals surface area contributed by atoms with E-state index < -0.39 is 23.4 Å². The molecule has 0 aliphatic carbocycles. The van der Waals surface area contributed by atoms with Crippen molar-refractivity contribution in [3.05, 3.63) is 106 Å². The van der Waals surface area contributed by atoms with Crippen LogP contribution in [0.2, 0.25) is 5.02 Å². The smallest absolute Gasteiger partial charge is 0.256 e. The van der Waals surface area contributed by atoms with Crippen molar-refractivity contribution in [1.29, 1.82) is 0 Å². The maximum atomic E-state index is 14.0. The monoisotopic (exact) mass is 500 g/mol. The highest BCUT2D eigenvalue weighted by molar-refractivity contribution is 6.33. The van der Waals surface area contributed by atoms with Gasteiger partial charge in [0.15, 0.2) is 11.6 Å². The fourth-order valence-electron chi connectivity index (χ4n) is 3.20. The number of nitrogens with one attached hydrogen (secondary N) is 2. The predicted octanol–water partition coefficient (Wildman–Crippen LogP) is 6.30. The van der Waals surface area contributed by atoms with E-state index in [0.717, 1.165) is 30.3 Å². The number of nitrogens with zero attached hydrogens (tertiary/aromatic N) is 2. The quantitative estimate of drug-likeness (QED) is 0.192. The predicted molar refractivity (Wildman–Crippen MR) is 125 cm³/mol. The average molecular weight is 501 g/mol. The van der Waals surface area contributed by atoms with Gasteiger partial charge in [0.25, 0.3) is 5.91 Å². The Morgan fingerprint density at radius 2 is 1.77 bits per heavy atom. The average Bonchev–Trinajstić information content (AvgIpc) is 3.27. The van der Waals surface area contributed by atoms with Crippen LogP contribution in [0.3, 0.4) is 0 Å². The standard InChI is InChI=1S/C25H17ClF4N4O/c1-13-2-3-14(8-20(13)29)23-11-17(33-34-23)12-24(31-22-7-5-16(27)10-18(22)26)32-25(35)15-4-6-19(28)21(30)9-15/h2-11H,12H2,1H3,(H,33,34)(H,31,32,35). The number of aliphatic imine (C=N–C) groups is 1.